The fourth-order valence-corrected chi connectivity index (χ4v) is 3.16. The molecule has 0 atom stereocenters. The van der Waals surface area contributed by atoms with Crippen molar-refractivity contribution in [3.63, 3.8) is 0 Å². The summed E-state index contributed by atoms with van der Waals surface area (Å²) >= 11 is 0. The molecule has 0 amide bonds. The first-order chi connectivity index (χ1) is 16.6. The molecule has 0 fully saturated rings. The SMILES string of the molecule is C=C(C)C(=O)Oc1ccc(-c2cccc3c(OC(=O)C(=C)C)cccc23)c(OC(=O)/C(C)=C/C)c1. The standard InChI is InChI=1S/C29H26O6/c1-7-19(6)29(32)35-26-16-20(33-27(30)17(2)3)14-15-24(26)22-10-8-12-23-21(22)11-9-13-25(23)34-28(31)18(4)5/h7-16H,2,4H2,1,3,5-6H3/b19-7+. The normalized spacial score (nSPS) is 11.0. The van der Waals surface area contributed by atoms with E-state index in [4.69, 9.17) is 14.2 Å². The molecule has 3 aromatic rings. The molecule has 0 radical (unpaired) electrons. The minimum atomic E-state index is -0.589. The van der Waals surface area contributed by atoms with E-state index in [-0.39, 0.29) is 22.6 Å². The van der Waals surface area contributed by atoms with Crippen molar-refractivity contribution in [2.45, 2.75) is 27.7 Å². The number of carbonyl (C=O) groups is 3. The van der Waals surface area contributed by atoms with Gasteiger partial charge in [0.25, 0.3) is 0 Å². The number of allylic oxidation sites excluding steroid dienone is 1. The number of fused-ring (bicyclic) bond motifs is 1. The Balaban J connectivity index is 2.16. The van der Waals surface area contributed by atoms with Crippen LogP contribution in [-0.2, 0) is 14.4 Å². The summed E-state index contributed by atoms with van der Waals surface area (Å²) in [5.74, 6) is -0.850. The molecule has 0 aromatic heterocycles. The van der Waals surface area contributed by atoms with E-state index in [1.807, 2.05) is 24.3 Å². The van der Waals surface area contributed by atoms with Crippen LogP contribution in [0.2, 0.25) is 0 Å². The van der Waals surface area contributed by atoms with E-state index < -0.39 is 17.9 Å². The van der Waals surface area contributed by atoms with Crippen LogP contribution in [0.5, 0.6) is 17.2 Å². The summed E-state index contributed by atoms with van der Waals surface area (Å²) in [5, 5.41) is 1.46. The molecule has 0 aliphatic heterocycles. The number of esters is 3. The summed E-state index contributed by atoms with van der Waals surface area (Å²) < 4.78 is 16.5. The van der Waals surface area contributed by atoms with Crippen molar-refractivity contribution in [1.82, 2.24) is 0 Å². The summed E-state index contributed by atoms with van der Waals surface area (Å²) in [4.78, 5) is 36.7. The molecule has 0 spiro atoms. The average Bonchev–Trinajstić information content (AvgIpc) is 2.83. The van der Waals surface area contributed by atoms with E-state index in [0.29, 0.717) is 22.3 Å². The lowest BCUT2D eigenvalue weighted by molar-refractivity contribution is -0.131. The molecule has 0 bridgehead atoms. The van der Waals surface area contributed by atoms with Crippen LogP contribution < -0.4 is 14.2 Å². The van der Waals surface area contributed by atoms with Gasteiger partial charge in [0.2, 0.25) is 0 Å². The van der Waals surface area contributed by atoms with Gasteiger partial charge in [0.1, 0.15) is 17.2 Å². The molecule has 0 aliphatic rings. The van der Waals surface area contributed by atoms with Crippen molar-refractivity contribution in [1.29, 1.82) is 0 Å². The second-order valence-electron chi connectivity index (χ2n) is 8.02. The molecular weight excluding hydrogens is 444 g/mol. The van der Waals surface area contributed by atoms with E-state index in [1.165, 1.54) is 6.07 Å². The Morgan fingerprint density at radius 3 is 1.94 bits per heavy atom. The fourth-order valence-electron chi connectivity index (χ4n) is 3.16. The molecular formula is C29H26O6. The molecule has 3 rings (SSSR count). The van der Waals surface area contributed by atoms with Crippen molar-refractivity contribution in [3.8, 4) is 28.4 Å². The zero-order valence-electron chi connectivity index (χ0n) is 20.1. The highest BCUT2D eigenvalue weighted by Gasteiger charge is 2.18. The summed E-state index contributed by atoms with van der Waals surface area (Å²) in [6, 6.07) is 15.7. The van der Waals surface area contributed by atoms with Crippen LogP contribution in [0, 0.1) is 0 Å². The first-order valence-corrected chi connectivity index (χ1v) is 10.9. The maximum Gasteiger partial charge on any atom is 0.338 e. The monoisotopic (exact) mass is 470 g/mol. The zero-order valence-corrected chi connectivity index (χ0v) is 20.1. The van der Waals surface area contributed by atoms with Gasteiger partial charge >= 0.3 is 17.9 Å². The predicted molar refractivity (Wildman–Crippen MR) is 135 cm³/mol. The average molecular weight is 471 g/mol. The van der Waals surface area contributed by atoms with Gasteiger partial charge in [-0.15, -0.1) is 0 Å². The molecule has 3 aromatic carbocycles. The molecule has 0 heterocycles. The largest absolute Gasteiger partial charge is 0.423 e. The number of ether oxygens (including phenoxy) is 3. The van der Waals surface area contributed by atoms with E-state index >= 15 is 0 Å². The van der Waals surface area contributed by atoms with Gasteiger partial charge in [0.05, 0.1) is 0 Å². The van der Waals surface area contributed by atoms with Crippen LogP contribution in [0.3, 0.4) is 0 Å². The smallest absolute Gasteiger partial charge is 0.338 e. The van der Waals surface area contributed by atoms with Gasteiger partial charge in [0, 0.05) is 33.7 Å². The summed E-state index contributed by atoms with van der Waals surface area (Å²) in [6.45, 7) is 13.7. The van der Waals surface area contributed by atoms with Crippen molar-refractivity contribution >= 4 is 28.7 Å². The van der Waals surface area contributed by atoms with Crippen molar-refractivity contribution in [2.24, 2.45) is 0 Å². The van der Waals surface area contributed by atoms with Crippen LogP contribution >= 0.6 is 0 Å². The Labute approximate surface area is 204 Å². The van der Waals surface area contributed by atoms with Gasteiger partial charge < -0.3 is 14.2 Å². The summed E-state index contributed by atoms with van der Waals surface area (Å²) in [6.07, 6.45) is 1.65. The number of carbonyl (C=O) groups excluding carboxylic acids is 3. The maximum atomic E-state index is 12.6. The number of hydrogen-bond donors (Lipinski definition) is 0. The van der Waals surface area contributed by atoms with Crippen LogP contribution in [-0.4, -0.2) is 17.9 Å². The van der Waals surface area contributed by atoms with Crippen molar-refractivity contribution in [3.05, 3.63) is 90.6 Å². The Morgan fingerprint density at radius 1 is 0.686 bits per heavy atom. The Bertz CT molecular complexity index is 1390. The highest BCUT2D eigenvalue weighted by molar-refractivity contribution is 6.03. The Hall–Kier alpha value is -4.45. The summed E-state index contributed by atoms with van der Waals surface area (Å²) in [5.41, 5.74) is 2.27. The third-order valence-corrected chi connectivity index (χ3v) is 5.19. The molecule has 35 heavy (non-hydrogen) atoms. The van der Waals surface area contributed by atoms with E-state index in [9.17, 15) is 14.4 Å². The number of hydrogen-bond acceptors (Lipinski definition) is 6. The first-order valence-electron chi connectivity index (χ1n) is 10.9. The van der Waals surface area contributed by atoms with Gasteiger partial charge in [0.15, 0.2) is 0 Å². The molecule has 6 nitrogen and oxygen atoms in total. The topological polar surface area (TPSA) is 78.9 Å². The molecule has 178 valence electrons. The van der Waals surface area contributed by atoms with Crippen LogP contribution in [0.25, 0.3) is 21.9 Å². The second kappa shape index (κ2) is 10.7. The third kappa shape index (κ3) is 5.73. The molecule has 6 heteroatoms. The van der Waals surface area contributed by atoms with Gasteiger partial charge in [-0.05, 0) is 56.8 Å². The van der Waals surface area contributed by atoms with Gasteiger partial charge in [-0.1, -0.05) is 49.6 Å². The molecule has 0 N–H and O–H groups in total. The van der Waals surface area contributed by atoms with E-state index in [1.54, 1.807) is 58.0 Å². The maximum absolute atomic E-state index is 12.6. The second-order valence-corrected chi connectivity index (χ2v) is 8.02. The first kappa shape index (κ1) is 25.2. The minimum Gasteiger partial charge on any atom is -0.423 e. The molecule has 0 aliphatic carbocycles. The lowest BCUT2D eigenvalue weighted by atomic mass is 9.97. The minimum absolute atomic E-state index is 0.207. The molecule has 0 unspecified atom stereocenters. The van der Waals surface area contributed by atoms with Crippen LogP contribution in [0.15, 0.2) is 90.6 Å². The third-order valence-electron chi connectivity index (χ3n) is 5.19. The lowest BCUT2D eigenvalue weighted by Crippen LogP contribution is -2.11. The predicted octanol–water partition coefficient (Wildman–Crippen LogP) is 6.34. The zero-order chi connectivity index (χ0) is 25.7. The van der Waals surface area contributed by atoms with Gasteiger partial charge in [-0.25, -0.2) is 14.4 Å². The van der Waals surface area contributed by atoms with Crippen molar-refractivity contribution < 1.29 is 28.6 Å². The van der Waals surface area contributed by atoms with Crippen LogP contribution in [0.1, 0.15) is 27.7 Å². The van der Waals surface area contributed by atoms with Crippen molar-refractivity contribution in [2.75, 3.05) is 0 Å². The van der Waals surface area contributed by atoms with E-state index in [2.05, 4.69) is 13.2 Å². The van der Waals surface area contributed by atoms with Gasteiger partial charge in [-0.3, -0.25) is 0 Å². The fraction of sp³-hybridized carbons (Fsp3) is 0.138. The number of benzene rings is 3. The quantitative estimate of drug-likeness (QED) is 0.228. The lowest BCUT2D eigenvalue weighted by Gasteiger charge is -2.15. The Morgan fingerprint density at radius 2 is 1.29 bits per heavy atom. The highest BCUT2D eigenvalue weighted by Crippen LogP contribution is 2.40. The highest BCUT2D eigenvalue weighted by atomic mass is 16.5. The van der Waals surface area contributed by atoms with Crippen LogP contribution in [0.4, 0.5) is 0 Å². The number of rotatable bonds is 7. The molecule has 0 saturated heterocycles. The molecule has 0 saturated carbocycles. The Kier molecular flexibility index (Phi) is 7.66. The van der Waals surface area contributed by atoms with E-state index in [0.717, 1.165) is 10.9 Å². The van der Waals surface area contributed by atoms with Gasteiger partial charge in [-0.2, -0.15) is 0 Å². The summed E-state index contributed by atoms with van der Waals surface area (Å²) in [7, 11) is 0.